The average Bonchev–Trinajstić information content (AvgIpc) is 2.38. The molecule has 1 heterocycles. The molecule has 4 nitrogen and oxygen atoms in total. The van der Waals surface area contributed by atoms with Crippen molar-refractivity contribution in [3.8, 4) is 0 Å². The van der Waals surface area contributed by atoms with Gasteiger partial charge in [0.2, 0.25) is 0 Å². The van der Waals surface area contributed by atoms with Gasteiger partial charge in [0, 0.05) is 23.6 Å². The van der Waals surface area contributed by atoms with Crippen molar-refractivity contribution in [3.63, 3.8) is 0 Å². The van der Waals surface area contributed by atoms with E-state index in [1.54, 1.807) is 6.07 Å². The molecule has 0 atom stereocenters. The molecular formula is C14H19BrN2O2. The van der Waals surface area contributed by atoms with Gasteiger partial charge < -0.3 is 14.9 Å². The summed E-state index contributed by atoms with van der Waals surface area (Å²) in [6.45, 7) is 1.80. The summed E-state index contributed by atoms with van der Waals surface area (Å²) in [7, 11) is 4.20. The van der Waals surface area contributed by atoms with E-state index < -0.39 is 5.97 Å². The first-order chi connectivity index (χ1) is 9.00. The van der Waals surface area contributed by atoms with Crippen LogP contribution >= 0.6 is 15.9 Å². The molecule has 0 aromatic heterocycles. The Morgan fingerprint density at radius 1 is 1.37 bits per heavy atom. The van der Waals surface area contributed by atoms with Crippen molar-refractivity contribution in [1.29, 1.82) is 0 Å². The van der Waals surface area contributed by atoms with Gasteiger partial charge in [0.15, 0.2) is 0 Å². The lowest BCUT2D eigenvalue weighted by molar-refractivity contribution is 0.0696. The Balaban J connectivity index is 2.20. The van der Waals surface area contributed by atoms with E-state index in [1.165, 1.54) is 0 Å². The molecule has 2 rings (SSSR count). The van der Waals surface area contributed by atoms with Crippen molar-refractivity contribution >= 4 is 27.6 Å². The molecule has 0 saturated carbocycles. The van der Waals surface area contributed by atoms with E-state index in [4.69, 9.17) is 0 Å². The highest BCUT2D eigenvalue weighted by Gasteiger charge is 2.24. The predicted molar refractivity (Wildman–Crippen MR) is 80.0 cm³/mol. The van der Waals surface area contributed by atoms with E-state index in [9.17, 15) is 9.90 Å². The van der Waals surface area contributed by atoms with Gasteiger partial charge in [-0.05, 0) is 55.0 Å². The number of hydrogen-bond donors (Lipinski definition) is 1. The number of carboxylic acid groups (broad SMARTS) is 1. The Morgan fingerprint density at radius 2 is 2.00 bits per heavy atom. The third-order valence-electron chi connectivity index (χ3n) is 3.74. The number of anilines is 1. The van der Waals surface area contributed by atoms with Crippen LogP contribution in [0.15, 0.2) is 22.7 Å². The molecule has 1 saturated heterocycles. The summed E-state index contributed by atoms with van der Waals surface area (Å²) < 4.78 is 0.646. The summed E-state index contributed by atoms with van der Waals surface area (Å²) in [6.07, 6.45) is 2.14. The van der Waals surface area contributed by atoms with Gasteiger partial charge in [-0.25, -0.2) is 4.79 Å². The van der Waals surface area contributed by atoms with Gasteiger partial charge in [-0.2, -0.15) is 0 Å². The highest BCUT2D eigenvalue weighted by atomic mass is 79.9. The summed E-state index contributed by atoms with van der Waals surface area (Å²) in [4.78, 5) is 15.8. The van der Waals surface area contributed by atoms with E-state index in [0.717, 1.165) is 31.6 Å². The second-order valence-corrected chi connectivity index (χ2v) is 5.98. The summed E-state index contributed by atoms with van der Waals surface area (Å²) in [6, 6.07) is 6.16. The van der Waals surface area contributed by atoms with Crippen LogP contribution in [0.3, 0.4) is 0 Å². The van der Waals surface area contributed by atoms with Gasteiger partial charge in [0.05, 0.1) is 11.3 Å². The molecule has 0 bridgehead atoms. The van der Waals surface area contributed by atoms with E-state index >= 15 is 0 Å². The summed E-state index contributed by atoms with van der Waals surface area (Å²) in [5.41, 5.74) is 1.19. The number of hydrogen-bond acceptors (Lipinski definition) is 3. The Hall–Kier alpha value is -1.07. The molecule has 19 heavy (non-hydrogen) atoms. The number of rotatable bonds is 3. The maximum Gasteiger partial charge on any atom is 0.338 e. The normalized spacial score (nSPS) is 16.9. The van der Waals surface area contributed by atoms with Crippen molar-refractivity contribution in [2.24, 2.45) is 0 Å². The number of carboxylic acids is 1. The molecule has 1 aromatic rings. The fourth-order valence-electron chi connectivity index (χ4n) is 2.61. The van der Waals surface area contributed by atoms with Crippen LogP contribution in [-0.4, -0.2) is 49.2 Å². The number of aromatic carboxylic acids is 1. The van der Waals surface area contributed by atoms with Crippen LogP contribution in [0.25, 0.3) is 0 Å². The monoisotopic (exact) mass is 326 g/mol. The zero-order valence-electron chi connectivity index (χ0n) is 11.3. The van der Waals surface area contributed by atoms with Crippen LogP contribution in [0.1, 0.15) is 23.2 Å². The van der Waals surface area contributed by atoms with E-state index in [0.29, 0.717) is 16.1 Å². The van der Waals surface area contributed by atoms with Gasteiger partial charge in [-0.1, -0.05) is 6.07 Å². The van der Waals surface area contributed by atoms with Gasteiger partial charge in [0.25, 0.3) is 0 Å². The average molecular weight is 327 g/mol. The van der Waals surface area contributed by atoms with Gasteiger partial charge in [0.1, 0.15) is 0 Å². The topological polar surface area (TPSA) is 43.8 Å². The largest absolute Gasteiger partial charge is 0.478 e. The molecule has 0 radical (unpaired) electrons. The number of nitrogens with zero attached hydrogens (tertiary/aromatic N) is 2. The van der Waals surface area contributed by atoms with Crippen LogP contribution in [0, 0.1) is 0 Å². The fraction of sp³-hybridized carbons (Fsp3) is 0.500. The standard InChI is InChI=1S/C14H19BrN2O2/c1-16(2)10-6-8-17(9-7-10)12-5-3-4-11(15)13(12)14(18)19/h3-5,10H,6-9H2,1-2H3,(H,18,19). The van der Waals surface area contributed by atoms with Crippen LogP contribution in [0.4, 0.5) is 5.69 Å². The number of piperidine rings is 1. The molecule has 5 heteroatoms. The molecule has 0 amide bonds. The van der Waals surface area contributed by atoms with E-state index in [-0.39, 0.29) is 0 Å². The van der Waals surface area contributed by atoms with Crippen LogP contribution in [0.5, 0.6) is 0 Å². The molecule has 0 spiro atoms. The molecule has 1 N–H and O–H groups in total. The molecule has 0 unspecified atom stereocenters. The number of benzene rings is 1. The molecular weight excluding hydrogens is 308 g/mol. The summed E-state index contributed by atoms with van der Waals surface area (Å²) in [5, 5.41) is 9.35. The molecule has 1 aliphatic heterocycles. The highest BCUT2D eigenvalue weighted by molar-refractivity contribution is 9.10. The maximum absolute atomic E-state index is 11.4. The Kier molecular flexibility index (Phi) is 4.47. The predicted octanol–water partition coefficient (Wildman–Crippen LogP) is 2.68. The van der Waals surface area contributed by atoms with Crippen LogP contribution in [0.2, 0.25) is 0 Å². The number of carbonyl (C=O) groups is 1. The van der Waals surface area contributed by atoms with Crippen molar-refractivity contribution < 1.29 is 9.90 Å². The quantitative estimate of drug-likeness (QED) is 0.927. The first-order valence-corrected chi connectivity index (χ1v) is 7.23. The van der Waals surface area contributed by atoms with Crippen molar-refractivity contribution in [1.82, 2.24) is 4.90 Å². The van der Waals surface area contributed by atoms with Crippen LogP contribution < -0.4 is 4.90 Å². The minimum Gasteiger partial charge on any atom is -0.478 e. The van der Waals surface area contributed by atoms with Crippen LogP contribution in [-0.2, 0) is 0 Å². The molecule has 1 aliphatic rings. The maximum atomic E-state index is 11.4. The Morgan fingerprint density at radius 3 is 2.53 bits per heavy atom. The molecule has 0 aliphatic carbocycles. The van der Waals surface area contributed by atoms with E-state index in [1.807, 2.05) is 12.1 Å². The second-order valence-electron chi connectivity index (χ2n) is 5.12. The smallest absolute Gasteiger partial charge is 0.338 e. The zero-order chi connectivity index (χ0) is 14.0. The van der Waals surface area contributed by atoms with Crippen molar-refractivity contribution in [2.75, 3.05) is 32.1 Å². The first kappa shape index (κ1) is 14.3. The minimum absolute atomic E-state index is 0.366. The SMILES string of the molecule is CN(C)C1CCN(c2cccc(Br)c2C(=O)O)CC1. The third-order valence-corrected chi connectivity index (χ3v) is 4.40. The minimum atomic E-state index is -0.878. The second kappa shape index (κ2) is 5.92. The lowest BCUT2D eigenvalue weighted by Crippen LogP contribution is -2.42. The fourth-order valence-corrected chi connectivity index (χ4v) is 3.14. The highest BCUT2D eigenvalue weighted by Crippen LogP contribution is 2.30. The van der Waals surface area contributed by atoms with Crippen molar-refractivity contribution in [3.05, 3.63) is 28.2 Å². The van der Waals surface area contributed by atoms with Gasteiger partial charge >= 0.3 is 5.97 Å². The third kappa shape index (κ3) is 3.09. The summed E-state index contributed by atoms with van der Waals surface area (Å²) in [5.74, 6) is -0.878. The van der Waals surface area contributed by atoms with Crippen molar-refractivity contribution in [2.45, 2.75) is 18.9 Å². The Bertz CT molecular complexity index is 469. The number of halogens is 1. The molecule has 1 aromatic carbocycles. The van der Waals surface area contributed by atoms with E-state index in [2.05, 4.69) is 39.8 Å². The first-order valence-electron chi connectivity index (χ1n) is 6.44. The lowest BCUT2D eigenvalue weighted by atomic mass is 10.0. The summed E-state index contributed by atoms with van der Waals surface area (Å²) >= 11 is 3.33. The van der Waals surface area contributed by atoms with Gasteiger partial charge in [-0.3, -0.25) is 0 Å². The molecule has 104 valence electrons. The lowest BCUT2D eigenvalue weighted by Gasteiger charge is -2.37. The Labute approximate surface area is 122 Å². The molecule has 1 fully saturated rings. The van der Waals surface area contributed by atoms with Gasteiger partial charge in [-0.15, -0.1) is 0 Å². The zero-order valence-corrected chi connectivity index (χ0v) is 12.9.